The van der Waals surface area contributed by atoms with Crippen molar-refractivity contribution >= 4 is 39.6 Å². The molecule has 7 rings (SSSR count). The molecular formula is C51H66F2N6O4. The van der Waals surface area contributed by atoms with Crippen LogP contribution >= 0.6 is 0 Å². The second-order valence-electron chi connectivity index (χ2n) is 19.9. The molecule has 2 amide bonds. The molecule has 63 heavy (non-hydrogen) atoms. The lowest BCUT2D eigenvalue weighted by Crippen LogP contribution is -2.52. The number of hydrogen-bond acceptors (Lipinski definition) is 6. The zero-order chi connectivity index (χ0) is 45.5. The zero-order valence-corrected chi connectivity index (χ0v) is 38.4. The van der Waals surface area contributed by atoms with Crippen LogP contribution in [0.15, 0.2) is 60.7 Å². The van der Waals surface area contributed by atoms with E-state index in [1.54, 1.807) is 6.07 Å². The summed E-state index contributed by atoms with van der Waals surface area (Å²) in [5, 5.41) is 1.83. The van der Waals surface area contributed by atoms with Crippen molar-refractivity contribution in [2.24, 2.45) is 22.3 Å². The summed E-state index contributed by atoms with van der Waals surface area (Å²) in [4.78, 5) is 43.6. The second-order valence-corrected chi connectivity index (χ2v) is 19.9. The normalized spacial score (nSPS) is 18.2. The van der Waals surface area contributed by atoms with E-state index in [9.17, 15) is 14.4 Å². The van der Waals surface area contributed by atoms with Crippen molar-refractivity contribution in [3.05, 3.63) is 83.4 Å². The average molecular weight is 865 g/mol. The van der Waals surface area contributed by atoms with E-state index in [0.29, 0.717) is 38.0 Å². The Morgan fingerprint density at radius 2 is 1.10 bits per heavy atom. The van der Waals surface area contributed by atoms with Crippen molar-refractivity contribution in [1.82, 2.24) is 18.9 Å². The molecule has 0 radical (unpaired) electrons. The smallest absolute Gasteiger partial charge is 0.302 e. The summed E-state index contributed by atoms with van der Waals surface area (Å²) in [5.74, 6) is -1.21. The first-order chi connectivity index (χ1) is 29.8. The van der Waals surface area contributed by atoms with Crippen molar-refractivity contribution in [2.45, 2.75) is 138 Å². The van der Waals surface area contributed by atoms with Gasteiger partial charge in [0.05, 0.1) is 41.0 Å². The summed E-state index contributed by atoms with van der Waals surface area (Å²) in [6.07, 6.45) is 5.32. The highest BCUT2D eigenvalue weighted by atomic mass is 19.1. The van der Waals surface area contributed by atoms with Crippen LogP contribution in [0.1, 0.15) is 98.6 Å². The lowest BCUT2D eigenvalue weighted by molar-refractivity contribution is -0.141. The van der Waals surface area contributed by atoms with Crippen LogP contribution in [-0.2, 0) is 45.1 Å². The van der Waals surface area contributed by atoms with E-state index in [-0.39, 0.29) is 54.1 Å². The summed E-state index contributed by atoms with van der Waals surface area (Å²) in [7, 11) is 0. The number of esters is 1. The van der Waals surface area contributed by atoms with E-state index in [4.69, 9.17) is 16.2 Å². The number of likely N-dealkylation sites (tertiary alicyclic amines) is 2. The number of halogens is 2. The molecular weight excluding hydrogens is 799 g/mol. The van der Waals surface area contributed by atoms with Crippen molar-refractivity contribution in [3.8, 4) is 22.5 Å². The van der Waals surface area contributed by atoms with Gasteiger partial charge in [-0.15, -0.1) is 0 Å². The molecule has 2 saturated heterocycles. The molecule has 4 atom stereocenters. The predicted octanol–water partition coefficient (Wildman–Crippen LogP) is 9.00. The molecule has 3 aromatic carbocycles. The van der Waals surface area contributed by atoms with Crippen molar-refractivity contribution < 1.29 is 27.9 Å². The zero-order valence-electron chi connectivity index (χ0n) is 38.4. The third kappa shape index (κ3) is 9.30. The summed E-state index contributed by atoms with van der Waals surface area (Å²) < 4.78 is 39.9. The van der Waals surface area contributed by atoms with Gasteiger partial charge >= 0.3 is 5.97 Å². The van der Waals surface area contributed by atoms with Crippen LogP contribution in [0.5, 0.6) is 0 Å². The Morgan fingerprint density at radius 1 is 0.683 bits per heavy atom. The van der Waals surface area contributed by atoms with E-state index in [1.165, 1.54) is 25.1 Å². The van der Waals surface area contributed by atoms with Gasteiger partial charge in [-0.3, -0.25) is 14.4 Å². The number of aryl methyl sites for hydroxylation is 1. The lowest BCUT2D eigenvalue weighted by atomic mass is 9.86. The van der Waals surface area contributed by atoms with Gasteiger partial charge in [0.15, 0.2) is 0 Å². The third-order valence-corrected chi connectivity index (χ3v) is 13.4. The highest BCUT2D eigenvalue weighted by Crippen LogP contribution is 2.41. The van der Waals surface area contributed by atoms with E-state index in [0.717, 1.165) is 82.0 Å². The van der Waals surface area contributed by atoms with Gasteiger partial charge in [0, 0.05) is 49.4 Å². The third-order valence-electron chi connectivity index (χ3n) is 13.4. The van der Waals surface area contributed by atoms with E-state index >= 15 is 8.78 Å². The number of hydrogen-bond donors (Lipinski definition) is 2. The molecule has 4 N–H and O–H groups in total. The summed E-state index contributed by atoms with van der Waals surface area (Å²) >= 11 is 0. The number of fused-ring (bicyclic) bond motifs is 2. The molecule has 0 aliphatic carbocycles. The Kier molecular flexibility index (Phi) is 13.3. The number of carbonyl (C=O) groups excluding carboxylic acids is 3. The molecule has 338 valence electrons. The van der Waals surface area contributed by atoms with Gasteiger partial charge in [-0.25, -0.2) is 8.78 Å². The van der Waals surface area contributed by atoms with Crippen LogP contribution in [0, 0.1) is 22.5 Å². The first kappa shape index (κ1) is 45.9. The first-order valence-electron chi connectivity index (χ1n) is 22.8. The molecule has 4 heterocycles. The van der Waals surface area contributed by atoms with Crippen LogP contribution in [0.2, 0.25) is 0 Å². The van der Waals surface area contributed by atoms with Crippen LogP contribution in [0.3, 0.4) is 0 Å². The molecule has 0 unspecified atom stereocenters. The predicted molar refractivity (Wildman–Crippen MR) is 247 cm³/mol. The molecule has 0 saturated carbocycles. The minimum Gasteiger partial charge on any atom is -0.464 e. The maximum absolute atomic E-state index is 15.2. The van der Waals surface area contributed by atoms with Gasteiger partial charge in [0.2, 0.25) is 11.8 Å². The maximum Gasteiger partial charge on any atom is 0.302 e. The van der Waals surface area contributed by atoms with Gasteiger partial charge < -0.3 is 35.1 Å². The summed E-state index contributed by atoms with van der Waals surface area (Å²) in [6, 6.07) is 16.6. The van der Waals surface area contributed by atoms with Crippen LogP contribution in [0.25, 0.3) is 44.3 Å². The van der Waals surface area contributed by atoms with Crippen molar-refractivity contribution in [1.29, 1.82) is 0 Å². The highest BCUT2D eigenvalue weighted by Gasteiger charge is 2.39. The molecule has 0 bridgehead atoms. The molecule has 2 aromatic heterocycles. The fraction of sp³-hybridized carbons (Fsp3) is 0.510. The molecule has 10 nitrogen and oxygen atoms in total. The van der Waals surface area contributed by atoms with E-state index in [1.807, 2.05) is 68.0 Å². The molecule has 5 aromatic rings. The van der Waals surface area contributed by atoms with Gasteiger partial charge in [-0.1, -0.05) is 72.7 Å². The number of carbonyl (C=O) groups is 3. The minimum atomic E-state index is -0.660. The number of amides is 2. The van der Waals surface area contributed by atoms with Crippen LogP contribution < -0.4 is 11.5 Å². The van der Waals surface area contributed by atoms with E-state index < -0.39 is 23.5 Å². The van der Waals surface area contributed by atoms with Gasteiger partial charge in [0.1, 0.15) is 18.2 Å². The van der Waals surface area contributed by atoms with Crippen LogP contribution in [-0.4, -0.2) is 80.6 Å². The molecule has 0 spiro atoms. The number of benzene rings is 3. The molecule has 2 aliphatic heterocycles. The van der Waals surface area contributed by atoms with Gasteiger partial charge in [-0.2, -0.15) is 0 Å². The average Bonchev–Trinajstić information content (AvgIpc) is 4.01. The second kappa shape index (κ2) is 18.2. The number of ether oxygens (including phenoxy) is 1. The summed E-state index contributed by atoms with van der Waals surface area (Å²) in [6.45, 7) is 17.7. The van der Waals surface area contributed by atoms with Crippen molar-refractivity contribution in [3.63, 3.8) is 0 Å². The molecule has 2 aliphatic rings. The lowest BCUT2D eigenvalue weighted by Gasteiger charge is -2.33. The Morgan fingerprint density at radius 3 is 1.48 bits per heavy atom. The standard InChI is InChI=1S/C51H66F2N6O4/c1-9-22-58-42-27-34(52)18-20-38(42)40(29-36-12-10-23-56(36)48(61)46(54)50(3,4)5)44(58)32-14-16-33(17-15-32)45-41(30-37-13-11-24-57(37)49(62)47(55)51(6,7)8)39-21-19-35(53)28-43(39)59(45)25-26-63-31(2)60/h14-21,27-28,36-37,46-47H,9-13,22-26,29-30,54-55H2,1-8H3/t36-,37-,46+,47+/m0/s1. The minimum absolute atomic E-state index is 0.0406. The first-order valence-corrected chi connectivity index (χ1v) is 22.8. The largest absolute Gasteiger partial charge is 0.464 e. The topological polar surface area (TPSA) is 129 Å². The van der Waals surface area contributed by atoms with Crippen LogP contribution in [0.4, 0.5) is 8.78 Å². The Labute approximate surface area is 370 Å². The quantitative estimate of drug-likeness (QED) is 0.114. The number of aromatic nitrogens is 2. The van der Waals surface area contributed by atoms with Gasteiger partial charge in [-0.05, 0) is 114 Å². The summed E-state index contributed by atoms with van der Waals surface area (Å²) in [5.41, 5.74) is 19.5. The number of rotatable bonds is 13. The van der Waals surface area contributed by atoms with Gasteiger partial charge in [0.25, 0.3) is 0 Å². The Hall–Kier alpha value is -5.07. The fourth-order valence-corrected chi connectivity index (χ4v) is 9.86. The maximum atomic E-state index is 15.2. The molecule has 2 fully saturated rings. The number of nitrogens with zero attached hydrogens (tertiary/aromatic N) is 4. The monoisotopic (exact) mass is 865 g/mol. The Bertz CT molecular complexity index is 2490. The van der Waals surface area contributed by atoms with Crippen molar-refractivity contribution in [2.75, 3.05) is 19.7 Å². The Balaban J connectivity index is 1.35. The number of nitrogens with two attached hydrogens (primary N) is 2. The molecule has 12 heteroatoms. The van der Waals surface area contributed by atoms with E-state index in [2.05, 4.69) is 35.8 Å². The SMILES string of the molecule is CCCn1c(-c2ccc(-c3c(C[C@@H]4CCCN4C(=O)[C@@H](N)C(C)(C)C)c4ccc(F)cc4n3CCOC(C)=O)cc2)c(C[C@@H]2CCCN2C(=O)[C@@H](N)C(C)(C)C)c2ccc(F)cc21. The highest BCUT2D eigenvalue weighted by molar-refractivity contribution is 5.95. The fourth-order valence-electron chi connectivity index (χ4n) is 9.86.